The molecule has 0 spiro atoms. The van der Waals surface area contributed by atoms with Gasteiger partial charge in [0.25, 0.3) is 0 Å². The second-order valence-corrected chi connectivity index (χ2v) is 6.32. The Labute approximate surface area is 169 Å². The minimum absolute atomic E-state index is 0.240. The molecule has 1 N–H and O–H groups in total. The average molecular weight is 393 g/mol. The molecule has 1 heterocycles. The van der Waals surface area contributed by atoms with Crippen molar-refractivity contribution in [1.29, 1.82) is 0 Å². The second kappa shape index (κ2) is 9.50. The van der Waals surface area contributed by atoms with Crippen molar-refractivity contribution in [3.63, 3.8) is 0 Å². The van der Waals surface area contributed by atoms with Crippen LogP contribution in [0.2, 0.25) is 0 Å². The Morgan fingerprint density at radius 2 is 1.69 bits per heavy atom. The number of amides is 1. The third-order valence-electron chi connectivity index (χ3n) is 4.27. The number of aromatic nitrogens is 1. The Kier molecular flexibility index (Phi) is 6.58. The van der Waals surface area contributed by atoms with Crippen LogP contribution in [0.5, 0.6) is 11.5 Å². The monoisotopic (exact) mass is 393 g/mol. The molecule has 0 fully saturated rings. The van der Waals surface area contributed by atoms with Crippen LogP contribution in [0.4, 0.5) is 10.1 Å². The Morgan fingerprint density at radius 1 is 1.00 bits per heavy atom. The first-order chi connectivity index (χ1) is 14.1. The van der Waals surface area contributed by atoms with Gasteiger partial charge in [0, 0.05) is 23.8 Å². The zero-order valence-corrected chi connectivity index (χ0v) is 16.3. The first kappa shape index (κ1) is 20.1. The van der Waals surface area contributed by atoms with Crippen molar-refractivity contribution in [2.75, 3.05) is 19.5 Å². The molecule has 2 aromatic carbocycles. The van der Waals surface area contributed by atoms with Crippen LogP contribution in [-0.4, -0.2) is 20.1 Å². The van der Waals surface area contributed by atoms with Gasteiger partial charge in [0.2, 0.25) is 5.91 Å². The van der Waals surface area contributed by atoms with Gasteiger partial charge < -0.3 is 14.8 Å². The van der Waals surface area contributed by atoms with E-state index in [0.717, 1.165) is 11.1 Å². The van der Waals surface area contributed by atoms with Crippen LogP contribution in [-0.2, 0) is 11.3 Å². The lowest BCUT2D eigenvalue weighted by Crippen LogP contribution is -2.33. The minimum atomic E-state index is -0.252. The van der Waals surface area contributed by atoms with Gasteiger partial charge >= 0.3 is 0 Å². The molecule has 5 nitrogen and oxygen atoms in total. The normalized spacial score (nSPS) is 10.7. The predicted octanol–water partition coefficient (Wildman–Crippen LogP) is 3.83. The number of nitrogens with zero attached hydrogens (tertiary/aromatic N) is 1. The van der Waals surface area contributed by atoms with E-state index in [-0.39, 0.29) is 11.7 Å². The smallest absolute Gasteiger partial charge is 0.248 e. The maximum absolute atomic E-state index is 13.0. The van der Waals surface area contributed by atoms with Crippen LogP contribution >= 0.6 is 0 Å². The average Bonchev–Trinajstić information content (AvgIpc) is 2.75. The molecule has 0 radical (unpaired) electrons. The highest BCUT2D eigenvalue weighted by atomic mass is 19.1. The number of pyridine rings is 1. The van der Waals surface area contributed by atoms with Crippen LogP contribution in [0.3, 0.4) is 0 Å². The lowest BCUT2D eigenvalue weighted by molar-refractivity contribution is -0.688. The number of hydrogen-bond donors (Lipinski definition) is 1. The highest BCUT2D eigenvalue weighted by molar-refractivity contribution is 6.01. The van der Waals surface area contributed by atoms with Crippen molar-refractivity contribution in [3.8, 4) is 11.5 Å². The molecule has 0 unspecified atom stereocenters. The van der Waals surface area contributed by atoms with Crippen LogP contribution in [0.15, 0.2) is 73.1 Å². The molecule has 1 amide bonds. The molecule has 0 aliphatic heterocycles. The summed E-state index contributed by atoms with van der Waals surface area (Å²) in [6, 6.07) is 15.4. The van der Waals surface area contributed by atoms with Crippen LogP contribution in [0, 0.1) is 5.82 Å². The van der Waals surface area contributed by atoms with Gasteiger partial charge in [-0.15, -0.1) is 0 Å². The summed E-state index contributed by atoms with van der Waals surface area (Å²) in [5.74, 6) is 0.741. The third-order valence-corrected chi connectivity index (χ3v) is 4.27. The predicted molar refractivity (Wildman–Crippen MR) is 109 cm³/mol. The molecule has 0 saturated heterocycles. The van der Waals surface area contributed by atoms with Gasteiger partial charge in [-0.1, -0.05) is 6.07 Å². The molecule has 148 valence electrons. The Hall–Kier alpha value is -3.67. The molecule has 3 aromatic rings. The van der Waals surface area contributed by atoms with Crippen molar-refractivity contribution in [2.45, 2.75) is 6.54 Å². The van der Waals surface area contributed by atoms with E-state index in [1.165, 1.54) is 18.2 Å². The summed E-state index contributed by atoms with van der Waals surface area (Å²) >= 11 is 0. The topological polar surface area (TPSA) is 51.4 Å². The SMILES string of the molecule is COc1ccc(/C=C/C(=O)Nc2cc[n+](Cc3ccc(F)cc3)cc2)cc1OC. The summed E-state index contributed by atoms with van der Waals surface area (Å²) < 4.78 is 25.4. The number of benzene rings is 2. The maximum atomic E-state index is 13.0. The number of anilines is 1. The first-order valence-corrected chi connectivity index (χ1v) is 9.02. The number of carbonyl (C=O) groups excluding carboxylic acids is 1. The number of methoxy groups -OCH3 is 2. The van der Waals surface area contributed by atoms with Crippen molar-refractivity contribution in [2.24, 2.45) is 0 Å². The molecule has 0 saturated carbocycles. The van der Waals surface area contributed by atoms with Gasteiger partial charge in [0.1, 0.15) is 5.82 Å². The lowest BCUT2D eigenvalue weighted by Gasteiger charge is -2.07. The van der Waals surface area contributed by atoms with E-state index in [4.69, 9.17) is 9.47 Å². The molecule has 0 aliphatic rings. The Morgan fingerprint density at radius 3 is 2.34 bits per heavy atom. The van der Waals surface area contributed by atoms with Crippen LogP contribution < -0.4 is 19.4 Å². The van der Waals surface area contributed by atoms with Crippen molar-refractivity contribution < 1.29 is 23.2 Å². The third kappa shape index (κ3) is 5.65. The summed E-state index contributed by atoms with van der Waals surface area (Å²) in [6.45, 7) is 0.619. The molecular weight excluding hydrogens is 371 g/mol. The molecule has 6 heteroatoms. The minimum Gasteiger partial charge on any atom is -0.493 e. The molecular formula is C23H22FN2O3+. The summed E-state index contributed by atoms with van der Waals surface area (Å²) in [7, 11) is 3.14. The molecule has 0 bridgehead atoms. The van der Waals surface area contributed by atoms with E-state index >= 15 is 0 Å². The number of hydrogen-bond acceptors (Lipinski definition) is 3. The fourth-order valence-electron chi connectivity index (χ4n) is 2.76. The number of nitrogens with one attached hydrogen (secondary N) is 1. The van der Waals surface area contributed by atoms with E-state index in [1.54, 1.807) is 44.6 Å². The second-order valence-electron chi connectivity index (χ2n) is 6.32. The zero-order valence-electron chi connectivity index (χ0n) is 16.3. The van der Waals surface area contributed by atoms with Gasteiger partial charge in [-0.2, -0.15) is 0 Å². The van der Waals surface area contributed by atoms with E-state index in [0.29, 0.717) is 23.7 Å². The summed E-state index contributed by atoms with van der Waals surface area (Å²) in [4.78, 5) is 12.2. The fourth-order valence-corrected chi connectivity index (χ4v) is 2.76. The first-order valence-electron chi connectivity index (χ1n) is 9.02. The van der Waals surface area contributed by atoms with E-state index in [2.05, 4.69) is 5.32 Å². The van der Waals surface area contributed by atoms with Crippen molar-refractivity contribution in [3.05, 3.63) is 90.0 Å². The van der Waals surface area contributed by atoms with Crippen LogP contribution in [0.1, 0.15) is 11.1 Å². The molecule has 0 aliphatic carbocycles. The Bertz CT molecular complexity index is 1000. The van der Waals surface area contributed by atoms with E-state index in [1.807, 2.05) is 35.2 Å². The molecule has 0 atom stereocenters. The van der Waals surface area contributed by atoms with E-state index in [9.17, 15) is 9.18 Å². The van der Waals surface area contributed by atoms with Gasteiger partial charge in [0.15, 0.2) is 30.4 Å². The summed E-state index contributed by atoms with van der Waals surface area (Å²) in [5.41, 5.74) is 2.50. The van der Waals surface area contributed by atoms with Crippen molar-refractivity contribution >= 4 is 17.7 Å². The maximum Gasteiger partial charge on any atom is 0.248 e. The van der Waals surface area contributed by atoms with Gasteiger partial charge in [-0.25, -0.2) is 8.96 Å². The number of ether oxygens (including phenoxy) is 2. The summed E-state index contributed by atoms with van der Waals surface area (Å²) in [6.07, 6.45) is 6.88. The van der Waals surface area contributed by atoms with Gasteiger partial charge in [-0.3, -0.25) is 4.79 Å². The molecule has 3 rings (SSSR count). The number of carbonyl (C=O) groups is 1. The van der Waals surface area contributed by atoms with Gasteiger partial charge in [-0.05, 0) is 48.0 Å². The summed E-state index contributed by atoms with van der Waals surface area (Å²) in [5, 5.41) is 2.82. The lowest BCUT2D eigenvalue weighted by atomic mass is 10.2. The standard InChI is InChI=1S/C23H21FN2O3/c1-28-21-9-5-17(15-22(21)29-2)6-10-23(27)25-20-11-13-26(14-12-20)16-18-3-7-19(24)8-4-18/h3-15H,16H2,1-2H3/p+1/b10-6+. The fraction of sp³-hybridized carbons (Fsp3) is 0.130. The quantitative estimate of drug-likeness (QED) is 0.490. The Balaban J connectivity index is 1.59. The van der Waals surface area contributed by atoms with Crippen molar-refractivity contribution in [1.82, 2.24) is 0 Å². The molecule has 1 aromatic heterocycles. The van der Waals surface area contributed by atoms with Gasteiger partial charge in [0.05, 0.1) is 19.9 Å². The van der Waals surface area contributed by atoms with Crippen LogP contribution in [0.25, 0.3) is 6.08 Å². The van der Waals surface area contributed by atoms with E-state index < -0.39 is 0 Å². The molecule has 29 heavy (non-hydrogen) atoms. The largest absolute Gasteiger partial charge is 0.493 e. The highest BCUT2D eigenvalue weighted by Crippen LogP contribution is 2.27. The number of halogens is 1. The zero-order chi connectivity index (χ0) is 20.6. The number of rotatable bonds is 7. The highest BCUT2D eigenvalue weighted by Gasteiger charge is 2.06.